The Morgan fingerprint density at radius 2 is 1.92 bits per heavy atom. The van der Waals surface area contributed by atoms with Crippen molar-refractivity contribution in [1.29, 1.82) is 0 Å². The van der Waals surface area contributed by atoms with Crippen LogP contribution >= 0.6 is 0 Å². The summed E-state index contributed by atoms with van der Waals surface area (Å²) in [6.45, 7) is 3.28. The van der Waals surface area contributed by atoms with Gasteiger partial charge in [-0.2, -0.15) is 0 Å². The van der Waals surface area contributed by atoms with Gasteiger partial charge in [-0.3, -0.25) is 4.79 Å². The maximum atomic E-state index is 12.4. The zero-order chi connectivity index (χ0) is 17.6. The zero-order valence-corrected chi connectivity index (χ0v) is 15.3. The number of benzene rings is 1. The predicted molar refractivity (Wildman–Crippen MR) is 94.9 cm³/mol. The first-order valence-corrected chi connectivity index (χ1v) is 10.4. The smallest absolute Gasteiger partial charge is 0.225 e. The second-order valence-corrected chi connectivity index (χ2v) is 8.65. The van der Waals surface area contributed by atoms with E-state index in [1.54, 1.807) is 11.9 Å². The molecule has 1 heterocycles. The van der Waals surface area contributed by atoms with E-state index in [-0.39, 0.29) is 23.3 Å². The molecule has 6 heteroatoms. The second-order valence-electron chi connectivity index (χ2n) is 6.35. The average Bonchev–Trinajstić information content (AvgIpc) is 2.58. The Morgan fingerprint density at radius 1 is 1.25 bits per heavy atom. The van der Waals surface area contributed by atoms with Gasteiger partial charge in [0.2, 0.25) is 5.91 Å². The minimum absolute atomic E-state index is 0.0545. The van der Waals surface area contributed by atoms with Crippen LogP contribution in [-0.4, -0.2) is 50.9 Å². The molecular formula is C18H27NO4S. The number of para-hydroxylation sites is 1. The van der Waals surface area contributed by atoms with Crippen LogP contribution in [0.5, 0.6) is 5.75 Å². The van der Waals surface area contributed by atoms with E-state index in [9.17, 15) is 13.2 Å². The van der Waals surface area contributed by atoms with Crippen molar-refractivity contribution < 1.29 is 17.9 Å². The maximum absolute atomic E-state index is 12.4. The van der Waals surface area contributed by atoms with Gasteiger partial charge in [0.15, 0.2) is 0 Å². The van der Waals surface area contributed by atoms with Crippen LogP contribution in [0, 0.1) is 5.92 Å². The van der Waals surface area contributed by atoms with Crippen LogP contribution in [0.25, 0.3) is 0 Å². The normalized spacial score (nSPS) is 17.4. The van der Waals surface area contributed by atoms with E-state index in [0.717, 1.165) is 18.6 Å². The topological polar surface area (TPSA) is 63.7 Å². The summed E-state index contributed by atoms with van der Waals surface area (Å²) < 4.78 is 28.7. The van der Waals surface area contributed by atoms with Crippen molar-refractivity contribution in [1.82, 2.24) is 4.90 Å². The Morgan fingerprint density at radius 3 is 2.58 bits per heavy atom. The molecule has 1 fully saturated rings. The van der Waals surface area contributed by atoms with Crippen molar-refractivity contribution in [2.45, 2.75) is 32.6 Å². The van der Waals surface area contributed by atoms with E-state index in [4.69, 9.17) is 4.74 Å². The molecule has 0 bridgehead atoms. The molecule has 1 aliphatic rings. The number of nitrogens with zero attached hydrogens (tertiary/aromatic N) is 1. The molecule has 1 aliphatic heterocycles. The summed E-state index contributed by atoms with van der Waals surface area (Å²) in [6.07, 6.45) is 2.59. The summed E-state index contributed by atoms with van der Waals surface area (Å²) in [5.74, 6) is 1.08. The van der Waals surface area contributed by atoms with Crippen LogP contribution in [0.1, 0.15) is 31.7 Å². The van der Waals surface area contributed by atoms with Crippen molar-refractivity contribution in [2.75, 3.05) is 31.7 Å². The number of rotatable bonds is 7. The number of sulfone groups is 1. The summed E-state index contributed by atoms with van der Waals surface area (Å²) in [5, 5.41) is 0. The molecule has 0 radical (unpaired) electrons. The van der Waals surface area contributed by atoms with Gasteiger partial charge in [0.1, 0.15) is 15.6 Å². The molecule has 0 aliphatic carbocycles. The molecule has 1 amide bonds. The molecule has 24 heavy (non-hydrogen) atoms. The lowest BCUT2D eigenvalue weighted by molar-refractivity contribution is -0.134. The molecule has 134 valence electrons. The lowest BCUT2D eigenvalue weighted by Gasteiger charge is -2.26. The number of carbonyl (C=O) groups excluding carboxylic acids is 1. The first-order valence-electron chi connectivity index (χ1n) is 8.59. The van der Waals surface area contributed by atoms with Crippen LogP contribution in [-0.2, 0) is 21.1 Å². The fourth-order valence-electron chi connectivity index (χ4n) is 2.98. The Kier molecular flexibility index (Phi) is 6.66. The van der Waals surface area contributed by atoms with E-state index >= 15 is 0 Å². The third-order valence-corrected chi connectivity index (χ3v) is 6.24. The third kappa shape index (κ3) is 5.23. The van der Waals surface area contributed by atoms with Crippen molar-refractivity contribution in [3.63, 3.8) is 0 Å². The number of hydrogen-bond acceptors (Lipinski definition) is 4. The highest BCUT2D eigenvalue weighted by Gasteiger charge is 2.29. The molecule has 1 aromatic rings. The molecule has 2 rings (SSSR count). The van der Waals surface area contributed by atoms with Gasteiger partial charge in [0, 0.05) is 19.5 Å². The number of ether oxygens (including phenoxy) is 1. The van der Waals surface area contributed by atoms with Crippen LogP contribution in [0.2, 0.25) is 0 Å². The summed E-state index contributed by atoms with van der Waals surface area (Å²) >= 11 is 0. The Hall–Kier alpha value is -1.56. The standard InChI is InChI=1S/C18H27NO4S/c1-3-15-7-4-5-8-17(15)23-12-6-11-19(2)18(20)16-9-13-24(21,22)14-10-16/h4-5,7-8,16H,3,6,9-14H2,1-2H3. The SMILES string of the molecule is CCc1ccccc1OCCCN(C)C(=O)C1CCS(=O)(=O)CC1. The summed E-state index contributed by atoms with van der Waals surface area (Å²) in [4.78, 5) is 14.1. The lowest BCUT2D eigenvalue weighted by Crippen LogP contribution is -2.38. The fourth-order valence-corrected chi connectivity index (χ4v) is 4.47. The van der Waals surface area contributed by atoms with Gasteiger partial charge in [-0.15, -0.1) is 0 Å². The Labute approximate surface area is 144 Å². The highest BCUT2D eigenvalue weighted by atomic mass is 32.2. The molecule has 1 saturated heterocycles. The van der Waals surface area contributed by atoms with E-state index < -0.39 is 9.84 Å². The van der Waals surface area contributed by atoms with E-state index in [1.807, 2.05) is 18.2 Å². The van der Waals surface area contributed by atoms with Gasteiger partial charge < -0.3 is 9.64 Å². The number of aryl methyl sites for hydroxylation is 1. The number of hydrogen-bond donors (Lipinski definition) is 0. The second kappa shape index (κ2) is 8.51. The molecule has 0 unspecified atom stereocenters. The first kappa shape index (κ1) is 18.8. The van der Waals surface area contributed by atoms with Crippen LogP contribution in [0.15, 0.2) is 24.3 Å². The monoisotopic (exact) mass is 353 g/mol. The summed E-state index contributed by atoms with van der Waals surface area (Å²) in [5.41, 5.74) is 1.19. The number of amides is 1. The third-order valence-electron chi connectivity index (χ3n) is 4.53. The van der Waals surface area contributed by atoms with Crippen molar-refractivity contribution in [2.24, 2.45) is 5.92 Å². The summed E-state index contributed by atoms with van der Waals surface area (Å²) in [6, 6.07) is 7.99. The molecule has 1 aromatic carbocycles. The average molecular weight is 353 g/mol. The quantitative estimate of drug-likeness (QED) is 0.706. The fraction of sp³-hybridized carbons (Fsp3) is 0.611. The zero-order valence-electron chi connectivity index (χ0n) is 14.5. The van der Waals surface area contributed by atoms with Crippen LogP contribution in [0.3, 0.4) is 0 Å². The largest absolute Gasteiger partial charge is 0.493 e. The highest BCUT2D eigenvalue weighted by molar-refractivity contribution is 7.91. The van der Waals surface area contributed by atoms with Crippen LogP contribution in [0.4, 0.5) is 0 Å². The van der Waals surface area contributed by atoms with Crippen molar-refractivity contribution in [3.8, 4) is 5.75 Å². The van der Waals surface area contributed by atoms with Gasteiger partial charge >= 0.3 is 0 Å². The molecule has 5 nitrogen and oxygen atoms in total. The number of carbonyl (C=O) groups is 1. The van der Waals surface area contributed by atoms with Crippen molar-refractivity contribution in [3.05, 3.63) is 29.8 Å². The van der Waals surface area contributed by atoms with Gasteiger partial charge in [-0.1, -0.05) is 25.1 Å². The Balaban J connectivity index is 1.73. The van der Waals surface area contributed by atoms with E-state index in [0.29, 0.717) is 26.0 Å². The Bertz CT molecular complexity index is 643. The highest BCUT2D eigenvalue weighted by Crippen LogP contribution is 2.21. The maximum Gasteiger partial charge on any atom is 0.225 e. The van der Waals surface area contributed by atoms with Crippen LogP contribution < -0.4 is 4.74 Å². The van der Waals surface area contributed by atoms with Gasteiger partial charge in [0.05, 0.1) is 18.1 Å². The molecule has 0 saturated carbocycles. The molecule has 0 atom stereocenters. The summed E-state index contributed by atoms with van der Waals surface area (Å²) in [7, 11) is -1.14. The van der Waals surface area contributed by atoms with Gasteiger partial charge in [-0.05, 0) is 37.3 Å². The first-order chi connectivity index (χ1) is 11.4. The van der Waals surface area contributed by atoms with E-state index in [2.05, 4.69) is 13.0 Å². The minimum Gasteiger partial charge on any atom is -0.493 e. The molecule has 0 spiro atoms. The lowest BCUT2D eigenvalue weighted by atomic mass is 10.0. The molecule has 0 N–H and O–H groups in total. The van der Waals surface area contributed by atoms with Crippen molar-refractivity contribution >= 4 is 15.7 Å². The van der Waals surface area contributed by atoms with Gasteiger partial charge in [0.25, 0.3) is 0 Å². The predicted octanol–water partition coefficient (Wildman–Crippen LogP) is 2.30. The molecule has 0 aromatic heterocycles. The minimum atomic E-state index is -2.92. The van der Waals surface area contributed by atoms with E-state index in [1.165, 1.54) is 5.56 Å². The molecular weight excluding hydrogens is 326 g/mol. The van der Waals surface area contributed by atoms with Gasteiger partial charge in [-0.25, -0.2) is 8.42 Å².